The number of alkyl halides is 3. The Labute approximate surface area is 123 Å². The molecule has 8 heteroatoms. The average Bonchev–Trinajstić information content (AvgIpc) is 2.35. The number of benzene rings is 1. The molecule has 1 aromatic rings. The molecule has 0 aromatic heterocycles. The second-order valence-corrected chi connectivity index (χ2v) is 5.64. The molecule has 0 radical (unpaired) electrons. The molecule has 0 amide bonds. The summed E-state index contributed by atoms with van der Waals surface area (Å²) in [5.74, 6) is -0.799. The highest BCUT2D eigenvalue weighted by Gasteiger charge is 2.36. The Morgan fingerprint density at radius 3 is 2.48 bits per heavy atom. The van der Waals surface area contributed by atoms with Crippen molar-refractivity contribution in [2.75, 3.05) is 5.75 Å². The van der Waals surface area contributed by atoms with E-state index in [0.717, 1.165) is 11.8 Å². The lowest BCUT2D eigenvalue weighted by Crippen LogP contribution is -2.23. The number of carbonyl (C=O) groups is 1. The van der Waals surface area contributed by atoms with Crippen LogP contribution in [0.4, 0.5) is 17.6 Å². The first-order valence-corrected chi connectivity index (χ1v) is 6.97. The van der Waals surface area contributed by atoms with Crippen molar-refractivity contribution in [1.29, 1.82) is 0 Å². The minimum atomic E-state index is -4.77. The topological polar surface area (TPSA) is 57.5 Å². The van der Waals surface area contributed by atoms with Gasteiger partial charge < -0.3 is 10.2 Å². The second-order valence-electron chi connectivity index (χ2n) is 4.37. The van der Waals surface area contributed by atoms with Crippen LogP contribution in [-0.2, 0) is 11.0 Å². The Morgan fingerprint density at radius 2 is 1.95 bits per heavy atom. The van der Waals surface area contributed by atoms with E-state index in [4.69, 9.17) is 0 Å². The third-order valence-electron chi connectivity index (χ3n) is 2.72. The molecule has 21 heavy (non-hydrogen) atoms. The predicted octanol–water partition coefficient (Wildman–Crippen LogP) is 2.91. The van der Waals surface area contributed by atoms with Crippen LogP contribution in [0, 0.1) is 5.82 Å². The molecule has 0 spiro atoms. The zero-order valence-electron chi connectivity index (χ0n) is 11.0. The summed E-state index contributed by atoms with van der Waals surface area (Å²) in [5.41, 5.74) is -1.92. The fourth-order valence-corrected chi connectivity index (χ4v) is 2.37. The molecule has 0 bridgehead atoms. The summed E-state index contributed by atoms with van der Waals surface area (Å²) in [6.45, 7) is 1.31. The molecular formula is C13H14F4O3S. The molecule has 2 unspecified atom stereocenters. The van der Waals surface area contributed by atoms with Gasteiger partial charge in [-0.1, -0.05) is 11.8 Å². The molecule has 0 aliphatic heterocycles. The maximum absolute atomic E-state index is 13.1. The summed E-state index contributed by atoms with van der Waals surface area (Å²) in [7, 11) is 0. The number of aliphatic hydroxyl groups excluding tert-OH is 2. The summed E-state index contributed by atoms with van der Waals surface area (Å²) in [6, 6.07) is 1.71. The highest BCUT2D eigenvalue weighted by atomic mass is 32.2. The largest absolute Gasteiger partial charge is 0.416 e. The third kappa shape index (κ3) is 5.29. The van der Waals surface area contributed by atoms with Crippen LogP contribution in [0.2, 0.25) is 0 Å². The maximum atomic E-state index is 13.1. The maximum Gasteiger partial charge on any atom is 0.416 e. The smallest absolute Gasteiger partial charge is 0.390 e. The zero-order chi connectivity index (χ0) is 16.2. The quantitative estimate of drug-likeness (QED) is 0.817. The number of thioether (sulfide) groups is 1. The predicted molar refractivity (Wildman–Crippen MR) is 70.1 cm³/mol. The van der Waals surface area contributed by atoms with E-state index < -0.39 is 35.3 Å². The molecule has 3 nitrogen and oxygen atoms in total. The number of hydrogen-bond acceptors (Lipinski definition) is 4. The van der Waals surface area contributed by atoms with Crippen molar-refractivity contribution in [2.24, 2.45) is 0 Å². The van der Waals surface area contributed by atoms with Gasteiger partial charge in [-0.25, -0.2) is 4.39 Å². The molecule has 1 rings (SSSR count). The lowest BCUT2D eigenvalue weighted by Gasteiger charge is -2.21. The Hall–Kier alpha value is -1.12. The van der Waals surface area contributed by atoms with E-state index in [1.165, 1.54) is 6.92 Å². The normalized spacial score (nSPS) is 14.8. The monoisotopic (exact) mass is 326 g/mol. The van der Waals surface area contributed by atoms with E-state index in [0.29, 0.717) is 18.2 Å². The van der Waals surface area contributed by atoms with Crippen LogP contribution in [0.5, 0.6) is 0 Å². The van der Waals surface area contributed by atoms with Crippen LogP contribution in [0.1, 0.15) is 30.6 Å². The van der Waals surface area contributed by atoms with Crippen LogP contribution in [0.25, 0.3) is 0 Å². The standard InChI is InChI=1S/C13H14F4O3S/c1-7(18)21-5-4-11(19)12(20)9-6-8(14)2-3-10(9)13(15,16)17/h2-3,6,11-12,19-20H,4-5H2,1H3. The Morgan fingerprint density at radius 1 is 1.33 bits per heavy atom. The van der Waals surface area contributed by atoms with E-state index in [-0.39, 0.29) is 17.3 Å². The first-order valence-electron chi connectivity index (χ1n) is 5.99. The number of aliphatic hydroxyl groups is 2. The summed E-state index contributed by atoms with van der Waals surface area (Å²) in [6.07, 6.45) is -8.28. The molecule has 0 aliphatic carbocycles. The highest BCUT2D eigenvalue weighted by molar-refractivity contribution is 8.13. The van der Waals surface area contributed by atoms with E-state index >= 15 is 0 Å². The Bertz CT molecular complexity index is 505. The summed E-state index contributed by atoms with van der Waals surface area (Å²) >= 11 is 0.879. The van der Waals surface area contributed by atoms with Crippen LogP contribution in [0.3, 0.4) is 0 Å². The van der Waals surface area contributed by atoms with Crippen LogP contribution in [0.15, 0.2) is 18.2 Å². The van der Waals surface area contributed by atoms with Crippen molar-refractivity contribution in [3.63, 3.8) is 0 Å². The fraction of sp³-hybridized carbons (Fsp3) is 0.462. The molecule has 1 aromatic carbocycles. The minimum Gasteiger partial charge on any atom is -0.390 e. The third-order valence-corrected chi connectivity index (χ3v) is 3.57. The fourth-order valence-electron chi connectivity index (χ4n) is 1.72. The van der Waals surface area contributed by atoms with Gasteiger partial charge in [-0.2, -0.15) is 13.2 Å². The first-order chi connectivity index (χ1) is 9.62. The lowest BCUT2D eigenvalue weighted by molar-refractivity contribution is -0.140. The van der Waals surface area contributed by atoms with Crippen molar-refractivity contribution in [3.05, 3.63) is 35.1 Å². The first kappa shape index (κ1) is 17.9. The van der Waals surface area contributed by atoms with Crippen LogP contribution < -0.4 is 0 Å². The molecule has 0 aliphatic rings. The van der Waals surface area contributed by atoms with Gasteiger partial charge in [-0.05, 0) is 30.2 Å². The molecule has 118 valence electrons. The zero-order valence-corrected chi connectivity index (χ0v) is 11.8. The van der Waals surface area contributed by atoms with E-state index in [2.05, 4.69) is 0 Å². The van der Waals surface area contributed by atoms with Gasteiger partial charge in [0.2, 0.25) is 0 Å². The van der Waals surface area contributed by atoms with E-state index in [1.807, 2.05) is 0 Å². The SMILES string of the molecule is CC(=O)SCCC(O)C(O)c1cc(F)ccc1C(F)(F)F. The van der Waals surface area contributed by atoms with Crippen molar-refractivity contribution in [2.45, 2.75) is 31.7 Å². The second kappa shape index (κ2) is 7.24. The van der Waals surface area contributed by atoms with Gasteiger partial charge in [0.1, 0.15) is 11.9 Å². The van der Waals surface area contributed by atoms with Gasteiger partial charge in [0.15, 0.2) is 5.12 Å². The summed E-state index contributed by atoms with van der Waals surface area (Å²) < 4.78 is 51.5. The highest BCUT2D eigenvalue weighted by Crippen LogP contribution is 2.36. The van der Waals surface area contributed by atoms with Crippen LogP contribution >= 0.6 is 11.8 Å². The Kier molecular flexibility index (Phi) is 6.18. The molecule has 0 saturated carbocycles. The van der Waals surface area contributed by atoms with Gasteiger partial charge in [0.25, 0.3) is 0 Å². The summed E-state index contributed by atoms with van der Waals surface area (Å²) in [4.78, 5) is 10.7. The van der Waals surface area contributed by atoms with Gasteiger partial charge in [-0.15, -0.1) is 0 Å². The van der Waals surface area contributed by atoms with E-state index in [9.17, 15) is 32.6 Å². The Balaban J connectivity index is 2.92. The summed E-state index contributed by atoms with van der Waals surface area (Å²) in [5, 5.41) is 19.3. The van der Waals surface area contributed by atoms with Crippen molar-refractivity contribution in [1.82, 2.24) is 0 Å². The molecular weight excluding hydrogens is 312 g/mol. The van der Waals surface area contributed by atoms with Gasteiger partial charge in [-0.3, -0.25) is 4.79 Å². The van der Waals surface area contributed by atoms with Gasteiger partial charge >= 0.3 is 6.18 Å². The molecule has 0 fully saturated rings. The molecule has 2 N–H and O–H groups in total. The molecule has 2 atom stereocenters. The van der Waals surface area contributed by atoms with Crippen LogP contribution in [-0.4, -0.2) is 27.2 Å². The van der Waals surface area contributed by atoms with E-state index in [1.54, 1.807) is 0 Å². The minimum absolute atomic E-state index is 0.0980. The van der Waals surface area contributed by atoms with Crippen molar-refractivity contribution >= 4 is 16.9 Å². The van der Waals surface area contributed by atoms with Gasteiger partial charge in [0.05, 0.1) is 11.7 Å². The number of rotatable bonds is 5. The average molecular weight is 326 g/mol. The van der Waals surface area contributed by atoms with Gasteiger partial charge in [0, 0.05) is 12.7 Å². The number of carbonyl (C=O) groups excluding carboxylic acids is 1. The van der Waals surface area contributed by atoms with Crippen molar-refractivity contribution in [3.8, 4) is 0 Å². The molecule has 0 heterocycles. The van der Waals surface area contributed by atoms with Crippen molar-refractivity contribution < 1.29 is 32.6 Å². The number of halogens is 4. The number of hydrogen-bond donors (Lipinski definition) is 2. The lowest BCUT2D eigenvalue weighted by atomic mass is 9.97. The molecule has 0 saturated heterocycles.